The molecular weight excluding hydrogens is 428 g/mol. The molecule has 3 rings (SSSR count). The van der Waals surface area contributed by atoms with Crippen LogP contribution in [0.5, 0.6) is 0 Å². The summed E-state index contributed by atoms with van der Waals surface area (Å²) in [6.07, 6.45) is -4.47. The van der Waals surface area contributed by atoms with E-state index < -0.39 is 17.7 Å². The monoisotopic (exact) mass is 442 g/mol. The van der Waals surface area contributed by atoms with Crippen molar-refractivity contribution in [3.63, 3.8) is 0 Å². The van der Waals surface area contributed by atoms with Crippen LogP contribution in [0.25, 0.3) is 0 Å². The SMILES string of the molecule is Cc1nn(Cc2ccccc2Cl)c(Cl)c1C(=O)OCc1cccc(C(F)(F)F)c1. The van der Waals surface area contributed by atoms with Gasteiger partial charge in [-0.05, 0) is 36.2 Å². The van der Waals surface area contributed by atoms with Crippen molar-refractivity contribution in [2.24, 2.45) is 0 Å². The van der Waals surface area contributed by atoms with E-state index in [1.54, 1.807) is 25.1 Å². The highest BCUT2D eigenvalue weighted by Crippen LogP contribution is 2.30. The van der Waals surface area contributed by atoms with E-state index >= 15 is 0 Å². The van der Waals surface area contributed by atoms with Crippen molar-refractivity contribution in [3.8, 4) is 0 Å². The third-order valence-corrected chi connectivity index (χ3v) is 4.92. The zero-order chi connectivity index (χ0) is 21.2. The molecule has 0 atom stereocenters. The summed E-state index contributed by atoms with van der Waals surface area (Å²) in [5.74, 6) is -0.768. The Kier molecular flexibility index (Phi) is 6.19. The molecule has 0 fully saturated rings. The highest BCUT2D eigenvalue weighted by Gasteiger charge is 2.30. The average molecular weight is 443 g/mol. The number of rotatable bonds is 5. The Morgan fingerprint density at radius 1 is 1.14 bits per heavy atom. The maximum absolute atomic E-state index is 12.8. The number of esters is 1. The molecule has 9 heteroatoms. The number of hydrogen-bond acceptors (Lipinski definition) is 3. The number of benzene rings is 2. The van der Waals surface area contributed by atoms with Crippen molar-refractivity contribution in [2.75, 3.05) is 0 Å². The van der Waals surface area contributed by atoms with Gasteiger partial charge in [-0.15, -0.1) is 0 Å². The van der Waals surface area contributed by atoms with Crippen molar-refractivity contribution in [1.82, 2.24) is 9.78 Å². The second-order valence-electron chi connectivity index (χ2n) is 6.27. The number of carbonyl (C=O) groups is 1. The fraction of sp³-hybridized carbons (Fsp3) is 0.200. The average Bonchev–Trinajstić information content (AvgIpc) is 2.94. The molecule has 2 aromatic carbocycles. The normalized spacial score (nSPS) is 11.5. The van der Waals surface area contributed by atoms with Gasteiger partial charge >= 0.3 is 12.1 Å². The number of aromatic nitrogens is 2. The molecule has 0 aliphatic rings. The molecule has 1 aromatic heterocycles. The van der Waals surface area contributed by atoms with Gasteiger partial charge in [-0.2, -0.15) is 18.3 Å². The fourth-order valence-corrected chi connectivity index (χ4v) is 3.24. The number of alkyl halides is 3. The summed E-state index contributed by atoms with van der Waals surface area (Å²) in [4.78, 5) is 12.5. The van der Waals surface area contributed by atoms with Crippen molar-refractivity contribution in [3.05, 3.63) is 86.7 Å². The van der Waals surface area contributed by atoms with Gasteiger partial charge in [0, 0.05) is 5.02 Å². The van der Waals surface area contributed by atoms with Crippen LogP contribution in [0.2, 0.25) is 10.2 Å². The van der Waals surface area contributed by atoms with Gasteiger partial charge in [0.25, 0.3) is 0 Å². The Balaban J connectivity index is 1.75. The molecule has 3 aromatic rings. The lowest BCUT2D eigenvalue weighted by Gasteiger charge is -2.09. The van der Waals surface area contributed by atoms with Crippen LogP contribution in [0.15, 0.2) is 48.5 Å². The first-order chi connectivity index (χ1) is 13.7. The lowest BCUT2D eigenvalue weighted by Crippen LogP contribution is -2.09. The van der Waals surface area contributed by atoms with Gasteiger partial charge in [0.05, 0.1) is 17.8 Å². The lowest BCUT2D eigenvalue weighted by molar-refractivity contribution is -0.137. The molecule has 0 radical (unpaired) electrons. The van der Waals surface area contributed by atoms with Gasteiger partial charge in [0.1, 0.15) is 17.3 Å². The molecule has 4 nitrogen and oxygen atoms in total. The van der Waals surface area contributed by atoms with Crippen molar-refractivity contribution >= 4 is 29.2 Å². The zero-order valence-electron chi connectivity index (χ0n) is 15.1. The summed E-state index contributed by atoms with van der Waals surface area (Å²) in [7, 11) is 0. The first kappa shape index (κ1) is 21.2. The topological polar surface area (TPSA) is 44.1 Å². The zero-order valence-corrected chi connectivity index (χ0v) is 16.6. The number of hydrogen-bond donors (Lipinski definition) is 0. The molecule has 0 aliphatic heterocycles. The van der Waals surface area contributed by atoms with Crippen molar-refractivity contribution < 1.29 is 22.7 Å². The molecule has 29 heavy (non-hydrogen) atoms. The van der Waals surface area contributed by atoms with Gasteiger partial charge < -0.3 is 4.74 Å². The Bertz CT molecular complexity index is 1050. The maximum Gasteiger partial charge on any atom is 0.416 e. The lowest BCUT2D eigenvalue weighted by atomic mass is 10.1. The van der Waals surface area contributed by atoms with Crippen LogP contribution in [0.4, 0.5) is 13.2 Å². The molecule has 0 saturated carbocycles. The number of ether oxygens (including phenoxy) is 1. The van der Waals surface area contributed by atoms with Crippen LogP contribution in [0.3, 0.4) is 0 Å². The van der Waals surface area contributed by atoms with Crippen LogP contribution < -0.4 is 0 Å². The minimum Gasteiger partial charge on any atom is -0.457 e. The van der Waals surface area contributed by atoms with Crippen molar-refractivity contribution in [2.45, 2.75) is 26.3 Å². The summed E-state index contributed by atoms with van der Waals surface area (Å²) >= 11 is 12.4. The number of halogens is 5. The van der Waals surface area contributed by atoms with E-state index in [-0.39, 0.29) is 29.4 Å². The molecule has 0 spiro atoms. The van der Waals surface area contributed by atoms with E-state index in [1.807, 2.05) is 6.07 Å². The van der Waals surface area contributed by atoms with Crippen molar-refractivity contribution in [1.29, 1.82) is 0 Å². The molecular formula is C20H15Cl2F3N2O2. The Hall–Kier alpha value is -2.51. The Morgan fingerprint density at radius 2 is 1.86 bits per heavy atom. The summed E-state index contributed by atoms with van der Waals surface area (Å²) in [5.41, 5.74) is 0.572. The van der Waals surface area contributed by atoms with Crippen LogP contribution in [0, 0.1) is 6.92 Å². The number of carbonyl (C=O) groups excluding carboxylic acids is 1. The molecule has 0 unspecified atom stereocenters. The number of aryl methyl sites for hydroxylation is 1. The molecule has 0 bridgehead atoms. The van der Waals surface area contributed by atoms with Gasteiger partial charge in [0.2, 0.25) is 0 Å². The second-order valence-corrected chi connectivity index (χ2v) is 7.04. The first-order valence-corrected chi connectivity index (χ1v) is 9.22. The smallest absolute Gasteiger partial charge is 0.416 e. The van der Waals surface area contributed by atoms with Crippen LogP contribution in [-0.2, 0) is 24.1 Å². The molecule has 1 heterocycles. The Labute approximate surface area is 174 Å². The third-order valence-electron chi connectivity index (χ3n) is 4.17. The molecule has 0 amide bonds. The minimum atomic E-state index is -4.47. The summed E-state index contributed by atoms with van der Waals surface area (Å²) in [6, 6.07) is 11.7. The summed E-state index contributed by atoms with van der Waals surface area (Å²) in [6.45, 7) is 1.52. The van der Waals surface area contributed by atoms with E-state index in [0.29, 0.717) is 10.7 Å². The van der Waals surface area contributed by atoms with E-state index in [2.05, 4.69) is 5.10 Å². The van der Waals surface area contributed by atoms with Crippen LogP contribution in [0.1, 0.15) is 32.7 Å². The highest BCUT2D eigenvalue weighted by molar-refractivity contribution is 6.33. The highest BCUT2D eigenvalue weighted by atomic mass is 35.5. The maximum atomic E-state index is 12.8. The summed E-state index contributed by atoms with van der Waals surface area (Å²) < 4.78 is 45.0. The van der Waals surface area contributed by atoms with Gasteiger partial charge in [0.15, 0.2) is 0 Å². The predicted octanol–water partition coefficient (Wildman–Crippen LogP) is 5.92. The predicted molar refractivity (Wildman–Crippen MR) is 103 cm³/mol. The molecule has 0 saturated heterocycles. The Morgan fingerprint density at radius 3 is 2.55 bits per heavy atom. The first-order valence-electron chi connectivity index (χ1n) is 8.46. The molecule has 152 valence electrons. The second kappa shape index (κ2) is 8.47. The van der Waals surface area contributed by atoms with Crippen LogP contribution >= 0.6 is 23.2 Å². The largest absolute Gasteiger partial charge is 0.457 e. The van der Waals surface area contributed by atoms with E-state index in [0.717, 1.165) is 17.7 Å². The van der Waals surface area contributed by atoms with Gasteiger partial charge in [-0.25, -0.2) is 9.48 Å². The quantitative estimate of drug-likeness (QED) is 0.460. The standard InChI is InChI=1S/C20H15Cl2F3N2O2/c1-12-17(18(22)27(26-12)10-14-6-2-3-8-16(14)21)19(28)29-11-13-5-4-7-15(9-13)20(23,24)25/h2-9H,10-11H2,1H3. The third kappa shape index (κ3) is 4.92. The van der Waals surface area contributed by atoms with E-state index in [1.165, 1.54) is 16.8 Å². The fourth-order valence-electron chi connectivity index (χ4n) is 2.74. The van der Waals surface area contributed by atoms with Gasteiger partial charge in [-0.1, -0.05) is 53.5 Å². The van der Waals surface area contributed by atoms with E-state index in [4.69, 9.17) is 27.9 Å². The number of nitrogens with zero attached hydrogens (tertiary/aromatic N) is 2. The molecule has 0 aliphatic carbocycles. The molecule has 0 N–H and O–H groups in total. The van der Waals surface area contributed by atoms with Gasteiger partial charge in [-0.3, -0.25) is 0 Å². The summed E-state index contributed by atoms with van der Waals surface area (Å²) in [5, 5.41) is 4.84. The van der Waals surface area contributed by atoms with E-state index in [9.17, 15) is 18.0 Å². The van der Waals surface area contributed by atoms with Crippen LogP contribution in [-0.4, -0.2) is 15.7 Å². The minimum absolute atomic E-state index is 0.0608.